The molecular weight excluding hydrogens is 247 g/mol. The van der Waals surface area contributed by atoms with Crippen LogP contribution in [0.15, 0.2) is 42.6 Å². The molecule has 19 heavy (non-hydrogen) atoms. The van der Waals surface area contributed by atoms with Gasteiger partial charge in [0.15, 0.2) is 17.3 Å². The van der Waals surface area contributed by atoms with E-state index in [9.17, 15) is 14.0 Å². The van der Waals surface area contributed by atoms with E-state index in [2.05, 4.69) is 10.3 Å². The van der Waals surface area contributed by atoms with E-state index in [1.165, 1.54) is 25.3 Å². The first-order valence-corrected chi connectivity index (χ1v) is 5.61. The number of Topliss-reactive ketones (excluding diaryl/α,β-unsaturated/α-hetero) is 1. The van der Waals surface area contributed by atoms with E-state index >= 15 is 0 Å². The fourth-order valence-corrected chi connectivity index (χ4v) is 1.53. The Hall–Kier alpha value is -2.56. The van der Waals surface area contributed by atoms with Crippen molar-refractivity contribution in [2.24, 2.45) is 0 Å². The molecule has 2 aromatic rings. The second kappa shape index (κ2) is 5.39. The first-order chi connectivity index (χ1) is 9.08. The molecule has 0 atom stereocenters. The minimum atomic E-state index is -0.680. The number of anilines is 1. The fraction of sp³-hybridized carbons (Fsp3) is 0.0714. The molecule has 1 heterocycles. The van der Waals surface area contributed by atoms with E-state index in [0.29, 0.717) is 11.3 Å². The minimum Gasteiger partial charge on any atom is -0.321 e. The number of halogens is 1. The van der Waals surface area contributed by atoms with Crippen LogP contribution in [0.25, 0.3) is 0 Å². The van der Waals surface area contributed by atoms with Crippen molar-refractivity contribution in [3.05, 3.63) is 59.7 Å². The van der Waals surface area contributed by atoms with Gasteiger partial charge in [-0.05, 0) is 43.3 Å². The molecule has 1 aromatic carbocycles. The average Bonchev–Trinajstić information content (AvgIpc) is 2.39. The van der Waals surface area contributed by atoms with Gasteiger partial charge in [-0.25, -0.2) is 9.37 Å². The number of nitrogens with zero attached hydrogens (tertiary/aromatic N) is 1. The topological polar surface area (TPSA) is 59.1 Å². The van der Waals surface area contributed by atoms with Crippen LogP contribution in [0.2, 0.25) is 0 Å². The Morgan fingerprint density at radius 1 is 1.16 bits per heavy atom. The molecule has 1 N–H and O–H groups in total. The van der Waals surface area contributed by atoms with Gasteiger partial charge in [-0.15, -0.1) is 0 Å². The lowest BCUT2D eigenvalue weighted by atomic mass is 10.1. The zero-order chi connectivity index (χ0) is 13.8. The highest BCUT2D eigenvalue weighted by atomic mass is 19.1. The summed E-state index contributed by atoms with van der Waals surface area (Å²) in [6.45, 7) is 1.46. The second-order valence-corrected chi connectivity index (χ2v) is 3.92. The molecule has 0 aliphatic carbocycles. The summed E-state index contributed by atoms with van der Waals surface area (Å²) < 4.78 is 13.3. The number of carbonyl (C=O) groups excluding carboxylic acids is 2. The number of amides is 1. The van der Waals surface area contributed by atoms with Crippen molar-refractivity contribution in [1.29, 1.82) is 0 Å². The highest BCUT2D eigenvalue weighted by molar-refractivity contribution is 6.03. The molecule has 0 aliphatic heterocycles. The molecule has 4 nitrogen and oxygen atoms in total. The summed E-state index contributed by atoms with van der Waals surface area (Å²) in [7, 11) is 0. The number of pyridine rings is 1. The largest absolute Gasteiger partial charge is 0.321 e. The normalized spacial score (nSPS) is 10.0. The van der Waals surface area contributed by atoms with Crippen LogP contribution in [0.1, 0.15) is 27.8 Å². The Morgan fingerprint density at radius 3 is 2.42 bits per heavy atom. The van der Waals surface area contributed by atoms with Crippen LogP contribution in [-0.4, -0.2) is 16.7 Å². The first kappa shape index (κ1) is 12.9. The monoisotopic (exact) mass is 258 g/mol. The van der Waals surface area contributed by atoms with Crippen molar-refractivity contribution >= 4 is 17.4 Å². The van der Waals surface area contributed by atoms with Gasteiger partial charge in [0, 0.05) is 17.4 Å². The maximum absolute atomic E-state index is 13.3. The molecule has 1 amide bonds. The number of ketones is 1. The molecule has 2 rings (SSSR count). The SMILES string of the molecule is CC(=O)c1ccc(NC(=O)c2ncccc2F)cc1. The fourth-order valence-electron chi connectivity index (χ4n) is 1.53. The Kier molecular flexibility index (Phi) is 3.66. The number of nitrogens with one attached hydrogen (secondary N) is 1. The van der Waals surface area contributed by atoms with Gasteiger partial charge in [0.2, 0.25) is 0 Å². The lowest BCUT2D eigenvalue weighted by molar-refractivity contribution is 0.101. The third-order valence-electron chi connectivity index (χ3n) is 2.52. The molecule has 0 fully saturated rings. The van der Waals surface area contributed by atoms with E-state index < -0.39 is 11.7 Å². The highest BCUT2D eigenvalue weighted by Crippen LogP contribution is 2.12. The van der Waals surface area contributed by atoms with Gasteiger partial charge >= 0.3 is 0 Å². The summed E-state index contributed by atoms with van der Waals surface area (Å²) in [6.07, 6.45) is 1.34. The van der Waals surface area contributed by atoms with E-state index in [4.69, 9.17) is 0 Å². The van der Waals surface area contributed by atoms with Crippen molar-refractivity contribution < 1.29 is 14.0 Å². The number of hydrogen-bond donors (Lipinski definition) is 1. The highest BCUT2D eigenvalue weighted by Gasteiger charge is 2.12. The van der Waals surface area contributed by atoms with Crippen LogP contribution in [0.3, 0.4) is 0 Å². The van der Waals surface area contributed by atoms with E-state index in [0.717, 1.165) is 0 Å². The third-order valence-corrected chi connectivity index (χ3v) is 2.52. The van der Waals surface area contributed by atoms with Crippen LogP contribution in [-0.2, 0) is 0 Å². The maximum atomic E-state index is 13.3. The Balaban J connectivity index is 2.15. The summed E-state index contributed by atoms with van der Waals surface area (Å²) in [5.41, 5.74) is 0.750. The number of hydrogen-bond acceptors (Lipinski definition) is 3. The van der Waals surface area contributed by atoms with Gasteiger partial charge in [0.25, 0.3) is 5.91 Å². The maximum Gasteiger partial charge on any atom is 0.277 e. The molecule has 0 radical (unpaired) electrons. The smallest absolute Gasteiger partial charge is 0.277 e. The second-order valence-electron chi connectivity index (χ2n) is 3.92. The zero-order valence-corrected chi connectivity index (χ0v) is 10.2. The van der Waals surface area contributed by atoms with Crippen LogP contribution >= 0.6 is 0 Å². The van der Waals surface area contributed by atoms with Crippen LogP contribution < -0.4 is 5.32 Å². The molecule has 5 heteroatoms. The van der Waals surface area contributed by atoms with Gasteiger partial charge in [-0.1, -0.05) is 0 Å². The molecule has 0 saturated carbocycles. The molecule has 0 spiro atoms. The predicted molar refractivity (Wildman–Crippen MR) is 68.6 cm³/mol. The van der Waals surface area contributed by atoms with Gasteiger partial charge < -0.3 is 5.32 Å². The van der Waals surface area contributed by atoms with Gasteiger partial charge in [-0.2, -0.15) is 0 Å². The van der Waals surface area contributed by atoms with Crippen molar-refractivity contribution in [1.82, 2.24) is 4.98 Å². The number of aromatic nitrogens is 1. The minimum absolute atomic E-state index is 0.0614. The van der Waals surface area contributed by atoms with E-state index in [1.807, 2.05) is 0 Å². The molecule has 0 unspecified atom stereocenters. The first-order valence-electron chi connectivity index (χ1n) is 5.61. The number of benzene rings is 1. The Labute approximate surface area is 109 Å². The van der Waals surface area contributed by atoms with Crippen molar-refractivity contribution in [3.63, 3.8) is 0 Å². The summed E-state index contributed by atoms with van der Waals surface area (Å²) in [6, 6.07) is 8.92. The molecule has 0 saturated heterocycles. The lowest BCUT2D eigenvalue weighted by Crippen LogP contribution is -2.15. The number of rotatable bonds is 3. The molecule has 0 bridgehead atoms. The van der Waals surface area contributed by atoms with Crippen molar-refractivity contribution in [3.8, 4) is 0 Å². The molecular formula is C14H11FN2O2. The van der Waals surface area contributed by atoms with Gasteiger partial charge in [-0.3, -0.25) is 9.59 Å². The van der Waals surface area contributed by atoms with Crippen molar-refractivity contribution in [2.45, 2.75) is 6.92 Å². The van der Waals surface area contributed by atoms with Gasteiger partial charge in [0.1, 0.15) is 0 Å². The quantitative estimate of drug-likeness (QED) is 0.861. The standard InChI is InChI=1S/C14H11FN2O2/c1-9(18)10-4-6-11(7-5-10)17-14(19)13-12(15)3-2-8-16-13/h2-8H,1H3,(H,17,19). The average molecular weight is 258 g/mol. The summed E-state index contributed by atoms with van der Waals surface area (Å²) >= 11 is 0. The molecule has 1 aromatic heterocycles. The van der Waals surface area contributed by atoms with E-state index in [1.54, 1.807) is 24.3 Å². The Bertz CT molecular complexity index is 624. The van der Waals surface area contributed by atoms with Crippen molar-refractivity contribution in [2.75, 3.05) is 5.32 Å². The van der Waals surface area contributed by atoms with E-state index in [-0.39, 0.29) is 11.5 Å². The number of carbonyl (C=O) groups is 2. The predicted octanol–water partition coefficient (Wildman–Crippen LogP) is 2.68. The molecule has 96 valence electrons. The molecule has 0 aliphatic rings. The third kappa shape index (κ3) is 3.01. The summed E-state index contributed by atoms with van der Waals surface area (Å²) in [4.78, 5) is 26.6. The Morgan fingerprint density at radius 2 is 1.84 bits per heavy atom. The zero-order valence-electron chi connectivity index (χ0n) is 10.2. The van der Waals surface area contributed by atoms with Crippen LogP contribution in [0.4, 0.5) is 10.1 Å². The summed E-state index contributed by atoms with van der Waals surface area (Å²) in [5, 5.41) is 2.51. The van der Waals surface area contributed by atoms with Gasteiger partial charge in [0.05, 0.1) is 0 Å². The lowest BCUT2D eigenvalue weighted by Gasteiger charge is -2.05. The van der Waals surface area contributed by atoms with Crippen LogP contribution in [0, 0.1) is 5.82 Å². The summed E-state index contributed by atoms with van der Waals surface area (Å²) in [5.74, 6) is -1.37. The van der Waals surface area contributed by atoms with Crippen LogP contribution in [0.5, 0.6) is 0 Å².